The van der Waals surface area contributed by atoms with Gasteiger partial charge in [0.15, 0.2) is 5.65 Å². The van der Waals surface area contributed by atoms with Crippen LogP contribution in [0.2, 0.25) is 0 Å². The standard InChI is InChI=1S/C11H14N4O2/c1-2-3-12-4-8-5-13-10-9(11(16)17)6-14-15(10)7-8/h5-7,12H,2-4H2,1H3,(H,16,17). The Morgan fingerprint density at radius 3 is 3.06 bits per heavy atom. The fourth-order valence-electron chi connectivity index (χ4n) is 1.57. The Kier molecular flexibility index (Phi) is 3.34. The van der Waals surface area contributed by atoms with E-state index in [1.165, 1.54) is 10.7 Å². The number of aromatic nitrogens is 3. The quantitative estimate of drug-likeness (QED) is 0.752. The molecule has 0 bridgehead atoms. The first kappa shape index (κ1) is 11.5. The van der Waals surface area contributed by atoms with Crippen molar-refractivity contribution in [2.45, 2.75) is 19.9 Å². The number of hydrogen-bond donors (Lipinski definition) is 2. The maximum absolute atomic E-state index is 10.9. The number of nitrogens with zero attached hydrogens (tertiary/aromatic N) is 3. The number of carboxylic acid groups (broad SMARTS) is 1. The minimum atomic E-state index is -1.01. The van der Waals surface area contributed by atoms with Crippen molar-refractivity contribution < 1.29 is 9.90 Å². The third-order valence-corrected chi connectivity index (χ3v) is 2.40. The van der Waals surface area contributed by atoms with Crippen LogP contribution in [0, 0.1) is 0 Å². The van der Waals surface area contributed by atoms with Crippen molar-refractivity contribution in [2.75, 3.05) is 6.54 Å². The normalized spacial score (nSPS) is 10.9. The molecule has 0 radical (unpaired) electrons. The summed E-state index contributed by atoms with van der Waals surface area (Å²) in [6.45, 7) is 3.75. The lowest BCUT2D eigenvalue weighted by Crippen LogP contribution is -2.14. The Morgan fingerprint density at radius 2 is 2.35 bits per heavy atom. The molecule has 0 spiro atoms. The van der Waals surface area contributed by atoms with E-state index in [0.717, 1.165) is 18.5 Å². The minimum absolute atomic E-state index is 0.123. The van der Waals surface area contributed by atoms with E-state index < -0.39 is 5.97 Å². The van der Waals surface area contributed by atoms with Crippen molar-refractivity contribution in [3.05, 3.63) is 29.7 Å². The molecule has 0 aromatic carbocycles. The Bertz CT molecular complexity index is 535. The van der Waals surface area contributed by atoms with Crippen LogP contribution in [0.3, 0.4) is 0 Å². The molecule has 0 aliphatic carbocycles. The lowest BCUT2D eigenvalue weighted by Gasteiger charge is -2.03. The topological polar surface area (TPSA) is 79.5 Å². The SMILES string of the molecule is CCCNCc1cnc2c(C(=O)O)cnn2c1. The summed E-state index contributed by atoms with van der Waals surface area (Å²) in [5.74, 6) is -1.01. The fraction of sp³-hybridized carbons (Fsp3) is 0.364. The summed E-state index contributed by atoms with van der Waals surface area (Å²) in [6, 6.07) is 0. The summed E-state index contributed by atoms with van der Waals surface area (Å²) >= 11 is 0. The second kappa shape index (κ2) is 4.92. The van der Waals surface area contributed by atoms with E-state index in [9.17, 15) is 4.79 Å². The van der Waals surface area contributed by atoms with Gasteiger partial charge in [0.25, 0.3) is 0 Å². The molecule has 0 saturated heterocycles. The smallest absolute Gasteiger partial charge is 0.341 e. The molecule has 2 aromatic rings. The van der Waals surface area contributed by atoms with Crippen molar-refractivity contribution in [2.24, 2.45) is 0 Å². The van der Waals surface area contributed by atoms with E-state index in [0.29, 0.717) is 12.2 Å². The summed E-state index contributed by atoms with van der Waals surface area (Å²) in [4.78, 5) is 15.0. The zero-order valence-corrected chi connectivity index (χ0v) is 9.55. The second-order valence-electron chi connectivity index (χ2n) is 3.77. The van der Waals surface area contributed by atoms with Crippen molar-refractivity contribution in [1.82, 2.24) is 19.9 Å². The van der Waals surface area contributed by atoms with Crippen LogP contribution in [0.5, 0.6) is 0 Å². The van der Waals surface area contributed by atoms with E-state index >= 15 is 0 Å². The molecule has 90 valence electrons. The van der Waals surface area contributed by atoms with Crippen LogP contribution in [0.15, 0.2) is 18.6 Å². The van der Waals surface area contributed by atoms with Gasteiger partial charge in [-0.2, -0.15) is 5.10 Å². The summed E-state index contributed by atoms with van der Waals surface area (Å²) in [6.07, 6.45) is 5.85. The van der Waals surface area contributed by atoms with Gasteiger partial charge in [0.05, 0.1) is 6.20 Å². The molecule has 0 fully saturated rings. The van der Waals surface area contributed by atoms with Crippen molar-refractivity contribution in [3.63, 3.8) is 0 Å². The molecule has 17 heavy (non-hydrogen) atoms. The first-order chi connectivity index (χ1) is 8.22. The van der Waals surface area contributed by atoms with Crippen LogP contribution in [0.4, 0.5) is 0 Å². The minimum Gasteiger partial charge on any atom is -0.477 e. The number of carbonyl (C=O) groups is 1. The van der Waals surface area contributed by atoms with Crippen LogP contribution in [-0.4, -0.2) is 32.2 Å². The lowest BCUT2D eigenvalue weighted by molar-refractivity contribution is 0.0699. The van der Waals surface area contributed by atoms with Gasteiger partial charge in [-0.05, 0) is 13.0 Å². The number of hydrogen-bond acceptors (Lipinski definition) is 4. The molecule has 0 aliphatic heterocycles. The zero-order valence-electron chi connectivity index (χ0n) is 9.55. The van der Waals surface area contributed by atoms with Gasteiger partial charge in [-0.25, -0.2) is 14.3 Å². The van der Waals surface area contributed by atoms with Crippen LogP contribution in [0.25, 0.3) is 5.65 Å². The molecule has 2 heterocycles. The number of fused-ring (bicyclic) bond motifs is 1. The number of aromatic carboxylic acids is 1. The molecule has 2 rings (SSSR count). The predicted octanol–water partition coefficient (Wildman–Crippen LogP) is 0.927. The van der Waals surface area contributed by atoms with E-state index in [1.807, 2.05) is 0 Å². The average Bonchev–Trinajstić information content (AvgIpc) is 2.72. The van der Waals surface area contributed by atoms with Gasteiger partial charge in [0.2, 0.25) is 0 Å². The number of rotatable bonds is 5. The second-order valence-corrected chi connectivity index (χ2v) is 3.77. The molecule has 2 aromatic heterocycles. The molecule has 0 aliphatic rings. The molecule has 0 atom stereocenters. The van der Waals surface area contributed by atoms with Gasteiger partial charge < -0.3 is 10.4 Å². The molecular weight excluding hydrogens is 220 g/mol. The Labute approximate surface area is 98.3 Å². The third-order valence-electron chi connectivity index (χ3n) is 2.40. The first-order valence-electron chi connectivity index (χ1n) is 5.48. The molecule has 0 unspecified atom stereocenters. The third kappa shape index (κ3) is 2.42. The highest BCUT2D eigenvalue weighted by molar-refractivity contribution is 5.93. The number of carboxylic acids is 1. The fourth-order valence-corrected chi connectivity index (χ4v) is 1.57. The maximum Gasteiger partial charge on any atom is 0.341 e. The van der Waals surface area contributed by atoms with Gasteiger partial charge in [0.1, 0.15) is 5.56 Å². The van der Waals surface area contributed by atoms with Crippen LogP contribution < -0.4 is 5.32 Å². The molecule has 6 nitrogen and oxygen atoms in total. The summed E-state index contributed by atoms with van der Waals surface area (Å²) in [5, 5.41) is 16.1. The summed E-state index contributed by atoms with van der Waals surface area (Å²) in [5.41, 5.74) is 1.47. The lowest BCUT2D eigenvalue weighted by atomic mass is 10.3. The molecule has 0 saturated carbocycles. The van der Waals surface area contributed by atoms with Gasteiger partial charge in [-0.3, -0.25) is 0 Å². The van der Waals surface area contributed by atoms with E-state index in [2.05, 4.69) is 22.3 Å². The van der Waals surface area contributed by atoms with Crippen molar-refractivity contribution in [3.8, 4) is 0 Å². The van der Waals surface area contributed by atoms with Gasteiger partial charge in [0, 0.05) is 24.5 Å². The Balaban J connectivity index is 2.23. The summed E-state index contributed by atoms with van der Waals surface area (Å²) < 4.78 is 1.49. The first-order valence-corrected chi connectivity index (χ1v) is 5.48. The summed E-state index contributed by atoms with van der Waals surface area (Å²) in [7, 11) is 0. The average molecular weight is 234 g/mol. The van der Waals surface area contributed by atoms with Crippen molar-refractivity contribution >= 4 is 11.6 Å². The monoisotopic (exact) mass is 234 g/mol. The van der Waals surface area contributed by atoms with E-state index in [1.54, 1.807) is 12.4 Å². The highest BCUT2D eigenvalue weighted by Gasteiger charge is 2.12. The van der Waals surface area contributed by atoms with Gasteiger partial charge >= 0.3 is 5.97 Å². The Hall–Kier alpha value is -1.95. The molecule has 6 heteroatoms. The maximum atomic E-state index is 10.9. The van der Waals surface area contributed by atoms with Crippen LogP contribution >= 0.6 is 0 Å². The van der Waals surface area contributed by atoms with Crippen LogP contribution in [0.1, 0.15) is 29.3 Å². The van der Waals surface area contributed by atoms with Gasteiger partial charge in [-0.15, -0.1) is 0 Å². The highest BCUT2D eigenvalue weighted by atomic mass is 16.4. The van der Waals surface area contributed by atoms with E-state index in [-0.39, 0.29) is 5.56 Å². The highest BCUT2D eigenvalue weighted by Crippen LogP contribution is 2.08. The Morgan fingerprint density at radius 1 is 1.53 bits per heavy atom. The number of nitrogens with one attached hydrogen (secondary N) is 1. The molecular formula is C11H14N4O2. The largest absolute Gasteiger partial charge is 0.477 e. The zero-order chi connectivity index (χ0) is 12.3. The molecule has 0 amide bonds. The van der Waals surface area contributed by atoms with E-state index in [4.69, 9.17) is 5.11 Å². The van der Waals surface area contributed by atoms with Crippen LogP contribution in [-0.2, 0) is 6.54 Å². The predicted molar refractivity (Wildman–Crippen MR) is 61.9 cm³/mol. The molecule has 2 N–H and O–H groups in total. The van der Waals surface area contributed by atoms with Crippen molar-refractivity contribution in [1.29, 1.82) is 0 Å². The van der Waals surface area contributed by atoms with Gasteiger partial charge in [-0.1, -0.05) is 6.92 Å².